The first kappa shape index (κ1) is 24.4. The summed E-state index contributed by atoms with van der Waals surface area (Å²) in [6.45, 7) is -0.157. The van der Waals surface area contributed by atoms with E-state index in [0.29, 0.717) is 5.56 Å². The highest BCUT2D eigenvalue weighted by Crippen LogP contribution is 2.08. The number of carbonyl (C=O) groups is 4. The van der Waals surface area contributed by atoms with Gasteiger partial charge < -0.3 is 31.3 Å². The first-order valence-corrected chi connectivity index (χ1v) is 9.78. The van der Waals surface area contributed by atoms with Gasteiger partial charge in [-0.15, -0.1) is 0 Å². The minimum atomic E-state index is -1.21. The lowest BCUT2D eigenvalue weighted by molar-refractivity contribution is -0.128. The van der Waals surface area contributed by atoms with Crippen LogP contribution in [0.15, 0.2) is 54.6 Å². The molecule has 2 aromatic rings. The van der Waals surface area contributed by atoms with Gasteiger partial charge in [0, 0.05) is 13.0 Å². The van der Waals surface area contributed by atoms with Crippen molar-refractivity contribution < 1.29 is 34.1 Å². The standard InChI is InChI=1S/C22H25N3O7/c23-20(28)18(10-14-6-8-16(9-7-14)21(29)30)25-19(27)11-17(26)12-24-22(31)32-13-15-4-2-1-3-5-15/h1-9,17-18,26H,10-13H2,(H2,23,28)(H,24,31)(H,25,27)(H,29,30)/t17-,18+/m0/s1. The normalized spacial score (nSPS) is 12.3. The average molecular weight is 443 g/mol. The van der Waals surface area contributed by atoms with Gasteiger partial charge in [0.2, 0.25) is 11.8 Å². The van der Waals surface area contributed by atoms with Gasteiger partial charge in [0.1, 0.15) is 12.6 Å². The zero-order valence-electron chi connectivity index (χ0n) is 17.2. The van der Waals surface area contributed by atoms with Crippen LogP contribution in [0, 0.1) is 0 Å². The number of hydrogen-bond acceptors (Lipinski definition) is 6. The van der Waals surface area contributed by atoms with Crippen LogP contribution in [0.5, 0.6) is 0 Å². The summed E-state index contributed by atoms with van der Waals surface area (Å²) in [7, 11) is 0. The second-order valence-electron chi connectivity index (χ2n) is 7.03. The number of carboxylic acid groups (broad SMARTS) is 1. The lowest BCUT2D eigenvalue weighted by atomic mass is 10.0. The number of amides is 3. The summed E-state index contributed by atoms with van der Waals surface area (Å²) < 4.78 is 5.01. The van der Waals surface area contributed by atoms with Crippen LogP contribution >= 0.6 is 0 Å². The van der Waals surface area contributed by atoms with Crippen molar-refractivity contribution in [1.82, 2.24) is 10.6 Å². The monoisotopic (exact) mass is 443 g/mol. The van der Waals surface area contributed by atoms with Crippen molar-refractivity contribution in [1.29, 1.82) is 0 Å². The highest BCUT2D eigenvalue weighted by molar-refractivity contribution is 5.88. The first-order chi connectivity index (χ1) is 15.2. The molecular formula is C22H25N3O7. The van der Waals surface area contributed by atoms with E-state index in [2.05, 4.69) is 10.6 Å². The topological polar surface area (TPSA) is 168 Å². The van der Waals surface area contributed by atoms with Gasteiger partial charge in [-0.25, -0.2) is 9.59 Å². The molecule has 3 amide bonds. The van der Waals surface area contributed by atoms with Crippen molar-refractivity contribution in [3.8, 4) is 0 Å². The van der Waals surface area contributed by atoms with Crippen LogP contribution in [0.25, 0.3) is 0 Å². The van der Waals surface area contributed by atoms with Gasteiger partial charge in [-0.05, 0) is 23.3 Å². The fourth-order valence-corrected chi connectivity index (χ4v) is 2.76. The van der Waals surface area contributed by atoms with Crippen molar-refractivity contribution in [2.45, 2.75) is 31.6 Å². The average Bonchev–Trinajstić information content (AvgIpc) is 2.76. The van der Waals surface area contributed by atoms with Crippen LogP contribution in [0.3, 0.4) is 0 Å². The summed E-state index contributed by atoms with van der Waals surface area (Å²) in [6, 6.07) is 13.8. The molecule has 0 unspecified atom stereocenters. The Hall–Kier alpha value is -3.92. The molecule has 0 aromatic heterocycles. The number of aliphatic hydroxyl groups excluding tert-OH is 1. The second-order valence-corrected chi connectivity index (χ2v) is 7.03. The predicted molar refractivity (Wildman–Crippen MR) is 113 cm³/mol. The molecule has 10 nitrogen and oxygen atoms in total. The molecule has 0 radical (unpaired) electrons. The number of ether oxygens (including phenoxy) is 1. The number of alkyl carbamates (subject to hydrolysis) is 1. The van der Waals surface area contributed by atoms with Crippen LogP contribution in [0.4, 0.5) is 4.79 Å². The maximum absolute atomic E-state index is 12.2. The fourth-order valence-electron chi connectivity index (χ4n) is 2.76. The molecule has 170 valence electrons. The van der Waals surface area contributed by atoms with E-state index in [4.69, 9.17) is 15.6 Å². The molecule has 0 spiro atoms. The summed E-state index contributed by atoms with van der Waals surface area (Å²) in [5, 5.41) is 23.7. The number of carbonyl (C=O) groups excluding carboxylic acids is 3. The molecule has 6 N–H and O–H groups in total. The fraction of sp³-hybridized carbons (Fsp3) is 0.273. The van der Waals surface area contributed by atoms with Gasteiger partial charge in [-0.3, -0.25) is 9.59 Å². The highest BCUT2D eigenvalue weighted by atomic mass is 16.5. The second kappa shape index (κ2) is 12.1. The first-order valence-electron chi connectivity index (χ1n) is 9.78. The summed E-state index contributed by atoms with van der Waals surface area (Å²) in [5.41, 5.74) is 6.83. The molecule has 2 rings (SSSR count). The third kappa shape index (κ3) is 8.44. The predicted octanol–water partition coefficient (Wildman–Crippen LogP) is 0.575. The third-order valence-electron chi connectivity index (χ3n) is 4.44. The van der Waals surface area contributed by atoms with Crippen LogP contribution in [-0.4, -0.2) is 52.8 Å². The number of primary amides is 1. The van der Waals surface area contributed by atoms with Crippen LogP contribution in [-0.2, 0) is 27.4 Å². The molecule has 0 aliphatic rings. The van der Waals surface area contributed by atoms with E-state index in [0.717, 1.165) is 5.56 Å². The Labute approximate surface area is 184 Å². The van der Waals surface area contributed by atoms with E-state index >= 15 is 0 Å². The quantitative estimate of drug-likeness (QED) is 0.338. The van der Waals surface area contributed by atoms with E-state index in [1.807, 2.05) is 18.2 Å². The summed E-state index contributed by atoms with van der Waals surface area (Å²) >= 11 is 0. The van der Waals surface area contributed by atoms with Crippen LogP contribution in [0.2, 0.25) is 0 Å². The van der Waals surface area contributed by atoms with Gasteiger partial charge in [0.05, 0.1) is 18.1 Å². The maximum Gasteiger partial charge on any atom is 0.407 e. The van der Waals surface area contributed by atoms with E-state index < -0.39 is 36.0 Å². The molecular weight excluding hydrogens is 418 g/mol. The molecule has 2 aromatic carbocycles. The van der Waals surface area contributed by atoms with Crippen molar-refractivity contribution in [3.63, 3.8) is 0 Å². The molecule has 0 fully saturated rings. The maximum atomic E-state index is 12.2. The smallest absolute Gasteiger partial charge is 0.407 e. The third-order valence-corrected chi connectivity index (χ3v) is 4.44. The Morgan fingerprint density at radius 2 is 1.62 bits per heavy atom. The van der Waals surface area contributed by atoms with Gasteiger partial charge >= 0.3 is 12.1 Å². The lowest BCUT2D eigenvalue weighted by Gasteiger charge is -2.17. The molecule has 0 aliphatic carbocycles. The minimum Gasteiger partial charge on any atom is -0.478 e. The summed E-state index contributed by atoms with van der Waals surface area (Å²) in [4.78, 5) is 46.4. The SMILES string of the molecule is NC(=O)[C@@H](Cc1ccc(C(=O)O)cc1)NC(=O)C[C@H](O)CNC(=O)OCc1ccccc1. The summed E-state index contributed by atoms with van der Waals surface area (Å²) in [5.74, 6) is -2.50. The van der Waals surface area contributed by atoms with E-state index in [1.54, 1.807) is 12.1 Å². The molecule has 0 aliphatic heterocycles. The zero-order valence-corrected chi connectivity index (χ0v) is 17.2. The summed E-state index contributed by atoms with van der Waals surface area (Å²) in [6.07, 6.45) is -2.27. The number of hydrogen-bond donors (Lipinski definition) is 5. The lowest BCUT2D eigenvalue weighted by Crippen LogP contribution is -2.47. The Balaban J connectivity index is 1.76. The Kier molecular flexibility index (Phi) is 9.18. The van der Waals surface area contributed by atoms with Crippen molar-refractivity contribution in [2.24, 2.45) is 5.73 Å². The largest absolute Gasteiger partial charge is 0.478 e. The molecule has 0 bridgehead atoms. The van der Waals surface area contributed by atoms with Gasteiger partial charge in [0.25, 0.3) is 0 Å². The number of benzene rings is 2. The van der Waals surface area contributed by atoms with Crippen molar-refractivity contribution in [2.75, 3.05) is 6.54 Å². The Morgan fingerprint density at radius 3 is 2.22 bits per heavy atom. The zero-order chi connectivity index (χ0) is 23.5. The number of nitrogens with two attached hydrogens (primary N) is 1. The number of aromatic carboxylic acids is 1. The van der Waals surface area contributed by atoms with Crippen LogP contribution < -0.4 is 16.4 Å². The minimum absolute atomic E-state index is 0.0567. The molecule has 0 saturated heterocycles. The molecule has 0 saturated carbocycles. The van der Waals surface area contributed by atoms with Gasteiger partial charge in [-0.1, -0.05) is 42.5 Å². The van der Waals surface area contributed by atoms with Crippen molar-refractivity contribution in [3.05, 3.63) is 71.3 Å². The van der Waals surface area contributed by atoms with Gasteiger partial charge in [0.15, 0.2) is 0 Å². The number of aliphatic hydroxyl groups is 1. The van der Waals surface area contributed by atoms with E-state index in [-0.39, 0.29) is 31.6 Å². The highest BCUT2D eigenvalue weighted by Gasteiger charge is 2.21. The number of nitrogens with one attached hydrogen (secondary N) is 2. The Bertz CT molecular complexity index is 932. The van der Waals surface area contributed by atoms with E-state index in [1.165, 1.54) is 24.3 Å². The number of rotatable bonds is 11. The molecule has 10 heteroatoms. The number of carboxylic acids is 1. The Morgan fingerprint density at radius 1 is 0.969 bits per heavy atom. The van der Waals surface area contributed by atoms with Crippen LogP contribution in [0.1, 0.15) is 27.9 Å². The molecule has 2 atom stereocenters. The van der Waals surface area contributed by atoms with Crippen molar-refractivity contribution >= 4 is 23.9 Å². The molecule has 0 heterocycles. The van der Waals surface area contributed by atoms with Gasteiger partial charge in [-0.2, -0.15) is 0 Å². The molecule has 32 heavy (non-hydrogen) atoms. The van der Waals surface area contributed by atoms with E-state index in [9.17, 15) is 24.3 Å².